The topological polar surface area (TPSA) is 86.2 Å². The van der Waals surface area contributed by atoms with Crippen LogP contribution in [0, 0.1) is 11.3 Å². The van der Waals surface area contributed by atoms with E-state index < -0.39 is 11.2 Å². The van der Waals surface area contributed by atoms with Crippen molar-refractivity contribution in [3.05, 3.63) is 56.9 Å². The van der Waals surface area contributed by atoms with Crippen molar-refractivity contribution in [3.8, 4) is 17.6 Å². The van der Waals surface area contributed by atoms with E-state index in [0.29, 0.717) is 18.0 Å². The molecule has 0 amide bonds. The van der Waals surface area contributed by atoms with Crippen LogP contribution in [-0.2, 0) is 13.1 Å². The lowest BCUT2D eigenvalue weighted by molar-refractivity contribution is 0.291. The van der Waals surface area contributed by atoms with Crippen molar-refractivity contribution in [1.82, 2.24) is 9.13 Å². The highest BCUT2D eigenvalue weighted by molar-refractivity contribution is 5.31. The predicted molar refractivity (Wildman–Crippen MR) is 83.8 cm³/mol. The third-order valence-electron chi connectivity index (χ3n) is 3.34. The van der Waals surface area contributed by atoms with Crippen molar-refractivity contribution in [3.63, 3.8) is 0 Å². The Morgan fingerprint density at radius 2 is 1.83 bits per heavy atom. The van der Waals surface area contributed by atoms with Gasteiger partial charge in [0.2, 0.25) is 0 Å². The van der Waals surface area contributed by atoms with Gasteiger partial charge in [0.1, 0.15) is 29.7 Å². The van der Waals surface area contributed by atoms with E-state index in [4.69, 9.17) is 14.7 Å². The van der Waals surface area contributed by atoms with Crippen LogP contribution in [-0.4, -0.2) is 22.9 Å². The average Bonchev–Trinajstić information content (AvgIpc) is 2.58. The number of hydrogen-bond acceptors (Lipinski definition) is 5. The summed E-state index contributed by atoms with van der Waals surface area (Å²) in [6.45, 7) is 2.36. The zero-order chi connectivity index (χ0) is 16.8. The van der Waals surface area contributed by atoms with Gasteiger partial charge in [-0.25, -0.2) is 4.79 Å². The SMILES string of the molecule is CCn1cc(C#N)c(=O)n(CCOc2ccc(OC)cc2)c1=O. The van der Waals surface area contributed by atoms with Crippen LogP contribution in [0.1, 0.15) is 12.5 Å². The Bertz CT molecular complexity index is 828. The van der Waals surface area contributed by atoms with Crippen molar-refractivity contribution < 1.29 is 9.47 Å². The Balaban J connectivity index is 2.15. The molecule has 0 atom stereocenters. The standard InChI is InChI=1S/C16H17N3O4/c1-3-18-11-12(10-17)15(20)19(16(18)21)8-9-23-14-6-4-13(22-2)5-7-14/h4-7,11H,3,8-9H2,1-2H3. The van der Waals surface area contributed by atoms with Crippen LogP contribution in [0.15, 0.2) is 40.1 Å². The van der Waals surface area contributed by atoms with Gasteiger partial charge in [-0.2, -0.15) is 5.26 Å². The molecule has 0 aliphatic rings. The molecule has 23 heavy (non-hydrogen) atoms. The van der Waals surface area contributed by atoms with Gasteiger partial charge in [0.15, 0.2) is 0 Å². The largest absolute Gasteiger partial charge is 0.497 e. The quantitative estimate of drug-likeness (QED) is 0.793. The first kappa shape index (κ1) is 16.4. The first-order valence-electron chi connectivity index (χ1n) is 7.12. The summed E-state index contributed by atoms with van der Waals surface area (Å²) in [6, 6.07) is 8.78. The molecule has 120 valence electrons. The number of nitrogens with zero attached hydrogens (tertiary/aromatic N) is 3. The molecule has 0 saturated carbocycles. The van der Waals surface area contributed by atoms with Gasteiger partial charge in [-0.15, -0.1) is 0 Å². The maximum Gasteiger partial charge on any atom is 0.331 e. The van der Waals surface area contributed by atoms with Crippen LogP contribution in [0.5, 0.6) is 11.5 Å². The molecule has 0 N–H and O–H groups in total. The Morgan fingerprint density at radius 3 is 2.39 bits per heavy atom. The molecule has 7 heteroatoms. The van der Waals surface area contributed by atoms with Crippen molar-refractivity contribution in [2.24, 2.45) is 0 Å². The number of hydrogen-bond donors (Lipinski definition) is 0. The lowest BCUT2D eigenvalue weighted by Gasteiger charge is -2.10. The first-order valence-corrected chi connectivity index (χ1v) is 7.12. The minimum Gasteiger partial charge on any atom is -0.497 e. The third-order valence-corrected chi connectivity index (χ3v) is 3.34. The van der Waals surface area contributed by atoms with Gasteiger partial charge >= 0.3 is 5.69 Å². The van der Waals surface area contributed by atoms with E-state index in [2.05, 4.69) is 0 Å². The van der Waals surface area contributed by atoms with Crippen LogP contribution in [0.25, 0.3) is 0 Å². The second-order valence-corrected chi connectivity index (χ2v) is 4.70. The zero-order valence-corrected chi connectivity index (χ0v) is 13.0. The van der Waals surface area contributed by atoms with Crippen LogP contribution >= 0.6 is 0 Å². The van der Waals surface area contributed by atoms with Crippen LogP contribution < -0.4 is 20.7 Å². The molecule has 2 rings (SSSR count). The van der Waals surface area contributed by atoms with Gasteiger partial charge in [0, 0.05) is 12.7 Å². The molecule has 0 aliphatic carbocycles. The van der Waals surface area contributed by atoms with E-state index in [1.807, 2.05) is 6.07 Å². The number of aromatic nitrogens is 2. The molecule has 0 aliphatic heterocycles. The minimum absolute atomic E-state index is 0.0594. The van der Waals surface area contributed by atoms with Crippen LogP contribution in [0.2, 0.25) is 0 Å². The monoisotopic (exact) mass is 315 g/mol. The predicted octanol–water partition coefficient (Wildman–Crippen LogP) is 0.989. The number of aryl methyl sites for hydroxylation is 1. The molecule has 0 spiro atoms. The van der Waals surface area contributed by atoms with E-state index in [1.165, 1.54) is 10.8 Å². The molecular weight excluding hydrogens is 298 g/mol. The number of benzene rings is 1. The van der Waals surface area contributed by atoms with E-state index >= 15 is 0 Å². The summed E-state index contributed by atoms with van der Waals surface area (Å²) in [6.07, 6.45) is 1.28. The molecule has 1 heterocycles. The van der Waals surface area contributed by atoms with Gasteiger partial charge in [-0.3, -0.25) is 13.9 Å². The van der Waals surface area contributed by atoms with Gasteiger partial charge in [-0.05, 0) is 31.2 Å². The average molecular weight is 315 g/mol. The maximum absolute atomic E-state index is 12.2. The summed E-state index contributed by atoms with van der Waals surface area (Å²) in [5.74, 6) is 1.31. The number of methoxy groups -OCH3 is 1. The number of ether oxygens (including phenoxy) is 2. The Kier molecular flexibility index (Phi) is 5.20. The van der Waals surface area contributed by atoms with Gasteiger partial charge in [-0.1, -0.05) is 0 Å². The lowest BCUT2D eigenvalue weighted by atomic mass is 10.3. The fourth-order valence-electron chi connectivity index (χ4n) is 2.08. The molecule has 1 aromatic carbocycles. The smallest absolute Gasteiger partial charge is 0.331 e. The van der Waals surface area contributed by atoms with Crippen molar-refractivity contribution in [1.29, 1.82) is 5.26 Å². The van der Waals surface area contributed by atoms with Gasteiger partial charge < -0.3 is 9.47 Å². The maximum atomic E-state index is 12.2. The second kappa shape index (κ2) is 7.31. The highest BCUT2D eigenvalue weighted by Gasteiger charge is 2.10. The van der Waals surface area contributed by atoms with Gasteiger partial charge in [0.25, 0.3) is 5.56 Å². The molecule has 0 saturated heterocycles. The van der Waals surface area contributed by atoms with Crippen molar-refractivity contribution in [2.45, 2.75) is 20.0 Å². The summed E-state index contributed by atoms with van der Waals surface area (Å²) in [5, 5.41) is 8.98. The summed E-state index contributed by atoms with van der Waals surface area (Å²) in [5.41, 5.74) is -1.11. The Labute approximate surface area is 132 Å². The van der Waals surface area contributed by atoms with E-state index in [9.17, 15) is 9.59 Å². The first-order chi connectivity index (χ1) is 11.1. The fraction of sp³-hybridized carbons (Fsp3) is 0.312. The second-order valence-electron chi connectivity index (χ2n) is 4.70. The fourth-order valence-corrected chi connectivity index (χ4v) is 2.08. The minimum atomic E-state index is -0.597. The molecule has 7 nitrogen and oxygen atoms in total. The molecule has 0 bridgehead atoms. The summed E-state index contributed by atoms with van der Waals surface area (Å²) >= 11 is 0. The van der Waals surface area contributed by atoms with Crippen molar-refractivity contribution >= 4 is 0 Å². The zero-order valence-electron chi connectivity index (χ0n) is 13.0. The molecule has 1 aromatic heterocycles. The molecule has 0 fully saturated rings. The van der Waals surface area contributed by atoms with Crippen molar-refractivity contribution in [2.75, 3.05) is 13.7 Å². The molecule has 0 radical (unpaired) electrons. The van der Waals surface area contributed by atoms with Crippen LogP contribution in [0.3, 0.4) is 0 Å². The highest BCUT2D eigenvalue weighted by Crippen LogP contribution is 2.16. The number of rotatable bonds is 6. The van der Waals surface area contributed by atoms with E-state index in [0.717, 1.165) is 4.57 Å². The van der Waals surface area contributed by atoms with Crippen LogP contribution in [0.4, 0.5) is 0 Å². The normalized spacial score (nSPS) is 10.1. The van der Waals surface area contributed by atoms with E-state index in [-0.39, 0.29) is 18.7 Å². The lowest BCUT2D eigenvalue weighted by Crippen LogP contribution is -2.41. The summed E-state index contributed by atoms with van der Waals surface area (Å²) in [4.78, 5) is 24.2. The Hall–Kier alpha value is -3.01. The molecule has 2 aromatic rings. The summed E-state index contributed by atoms with van der Waals surface area (Å²) in [7, 11) is 1.57. The van der Waals surface area contributed by atoms with Gasteiger partial charge in [0.05, 0.1) is 13.7 Å². The number of nitriles is 1. The highest BCUT2D eigenvalue weighted by atomic mass is 16.5. The van der Waals surface area contributed by atoms with E-state index in [1.54, 1.807) is 38.3 Å². The Morgan fingerprint density at radius 1 is 1.17 bits per heavy atom. The summed E-state index contributed by atoms with van der Waals surface area (Å²) < 4.78 is 12.9. The molecule has 0 unspecified atom stereocenters. The third kappa shape index (κ3) is 3.61. The molecular formula is C16H17N3O4.